The number of aryl methyl sites for hydroxylation is 1. The Kier molecular flexibility index (Phi) is 6.10. The highest BCUT2D eigenvalue weighted by Gasteiger charge is 2.23. The molecule has 4 nitrogen and oxygen atoms in total. The van der Waals surface area contributed by atoms with Crippen molar-refractivity contribution in [3.8, 4) is 11.8 Å². The monoisotopic (exact) mass is 408 g/mol. The van der Waals surface area contributed by atoms with Gasteiger partial charge in [0.15, 0.2) is 6.10 Å². The minimum atomic E-state index is -1.25. The Labute approximate surface area is 152 Å². The number of nitriles is 1. The summed E-state index contributed by atoms with van der Waals surface area (Å²) in [7, 11) is 0. The molecule has 1 amide bonds. The number of halogens is 3. The smallest absolute Gasteiger partial charge is 0.262 e. The van der Waals surface area contributed by atoms with E-state index in [1.54, 1.807) is 12.1 Å². The lowest BCUT2D eigenvalue weighted by atomic mass is 10.1. The molecule has 2 aromatic rings. The zero-order chi connectivity index (χ0) is 18.6. The van der Waals surface area contributed by atoms with Crippen molar-refractivity contribution in [2.75, 3.05) is 0 Å². The quantitative estimate of drug-likeness (QED) is 0.806. The molecule has 2 atom stereocenters. The molecule has 0 saturated heterocycles. The molecule has 2 rings (SSSR count). The fourth-order valence-electron chi connectivity index (χ4n) is 2.12. The molecule has 0 fully saturated rings. The van der Waals surface area contributed by atoms with Crippen LogP contribution in [0.25, 0.3) is 0 Å². The third-order valence-electron chi connectivity index (χ3n) is 3.45. The molecular weight excluding hydrogens is 394 g/mol. The highest BCUT2D eigenvalue weighted by Crippen LogP contribution is 2.27. The summed E-state index contributed by atoms with van der Waals surface area (Å²) >= 11 is 3.35. The molecule has 0 aliphatic heterocycles. The second-order valence-electron chi connectivity index (χ2n) is 5.43. The fraction of sp³-hybridized carbons (Fsp3) is 0.222. The Morgan fingerprint density at radius 1 is 1.28 bits per heavy atom. The first kappa shape index (κ1) is 18.9. The Bertz CT molecular complexity index is 836. The van der Waals surface area contributed by atoms with Gasteiger partial charge in [0.05, 0.1) is 10.5 Å². The molecule has 2 aromatic carbocycles. The maximum absolute atomic E-state index is 13.8. The van der Waals surface area contributed by atoms with Crippen LogP contribution in [0.1, 0.15) is 24.1 Å². The molecule has 0 saturated carbocycles. The van der Waals surface area contributed by atoms with Crippen molar-refractivity contribution >= 4 is 21.8 Å². The maximum Gasteiger partial charge on any atom is 0.262 e. The lowest BCUT2D eigenvalue weighted by Gasteiger charge is -2.18. The van der Waals surface area contributed by atoms with Gasteiger partial charge in [-0.05, 0) is 53.5 Å². The first-order chi connectivity index (χ1) is 11.8. The van der Waals surface area contributed by atoms with E-state index in [0.717, 1.165) is 17.7 Å². The first-order valence-corrected chi connectivity index (χ1v) is 8.19. The van der Waals surface area contributed by atoms with Crippen LogP contribution in [-0.4, -0.2) is 12.0 Å². The molecule has 1 N–H and O–H groups in total. The van der Waals surface area contributed by atoms with Gasteiger partial charge in [-0.15, -0.1) is 0 Å². The number of nitrogens with one attached hydrogen (secondary N) is 1. The van der Waals surface area contributed by atoms with Gasteiger partial charge < -0.3 is 10.1 Å². The second-order valence-corrected chi connectivity index (χ2v) is 6.28. The van der Waals surface area contributed by atoms with Gasteiger partial charge in [0, 0.05) is 11.6 Å². The van der Waals surface area contributed by atoms with Gasteiger partial charge in [-0.2, -0.15) is 5.26 Å². The van der Waals surface area contributed by atoms with Gasteiger partial charge in [-0.1, -0.05) is 12.1 Å². The predicted molar refractivity (Wildman–Crippen MR) is 91.8 cm³/mol. The normalized spacial score (nSPS) is 12.8. The molecule has 0 aliphatic carbocycles. The van der Waals surface area contributed by atoms with Gasteiger partial charge >= 0.3 is 0 Å². The van der Waals surface area contributed by atoms with E-state index in [1.165, 1.54) is 6.92 Å². The molecule has 2 unspecified atom stereocenters. The number of nitrogens with zero attached hydrogens (tertiary/aromatic N) is 1. The van der Waals surface area contributed by atoms with Gasteiger partial charge in [-0.3, -0.25) is 4.79 Å². The van der Waals surface area contributed by atoms with Crippen molar-refractivity contribution < 1.29 is 18.3 Å². The number of rotatable bonds is 5. The van der Waals surface area contributed by atoms with Crippen LogP contribution >= 0.6 is 15.9 Å². The van der Waals surface area contributed by atoms with E-state index in [0.29, 0.717) is 16.3 Å². The number of hydrogen-bond acceptors (Lipinski definition) is 3. The summed E-state index contributed by atoms with van der Waals surface area (Å²) in [5, 5.41) is 11.6. The van der Waals surface area contributed by atoms with E-state index < -0.39 is 29.7 Å². The largest absolute Gasteiger partial charge is 0.480 e. The molecule has 0 radical (unpaired) electrons. The molecular formula is C18H15BrF2N2O2. The highest BCUT2D eigenvalue weighted by molar-refractivity contribution is 9.10. The summed E-state index contributed by atoms with van der Waals surface area (Å²) in [4.78, 5) is 12.2. The molecule has 0 aliphatic rings. The number of carbonyl (C=O) groups is 1. The molecule has 7 heteroatoms. The summed E-state index contributed by atoms with van der Waals surface area (Å²) in [6.45, 7) is 3.43. The Balaban J connectivity index is 2.09. The molecule has 0 spiro atoms. The molecule has 0 heterocycles. The molecule has 0 bridgehead atoms. The van der Waals surface area contributed by atoms with Crippen LogP contribution in [-0.2, 0) is 4.79 Å². The zero-order valence-corrected chi connectivity index (χ0v) is 15.1. The lowest BCUT2D eigenvalue weighted by molar-refractivity contribution is -0.127. The van der Waals surface area contributed by atoms with E-state index in [9.17, 15) is 18.8 Å². The van der Waals surface area contributed by atoms with Crippen molar-refractivity contribution in [2.24, 2.45) is 0 Å². The van der Waals surface area contributed by atoms with Gasteiger partial charge in [0.25, 0.3) is 5.91 Å². The standard InChI is InChI=1S/C18H15BrF2N2O2/c1-10-3-6-17(14(19)7-10)25-11(2)18(24)23-16(9-22)13-5-4-12(20)8-15(13)21/h3-8,11,16H,1-2H3,(H,23,24). The van der Waals surface area contributed by atoms with Crippen LogP contribution in [0.3, 0.4) is 0 Å². The van der Waals surface area contributed by atoms with E-state index in [1.807, 2.05) is 19.1 Å². The summed E-state index contributed by atoms with van der Waals surface area (Å²) < 4.78 is 33.0. The number of hydrogen-bond donors (Lipinski definition) is 1. The van der Waals surface area contributed by atoms with Crippen molar-refractivity contribution in [3.63, 3.8) is 0 Å². The predicted octanol–water partition coefficient (Wildman–Crippen LogP) is 4.18. The Morgan fingerprint density at radius 2 is 2.00 bits per heavy atom. The Morgan fingerprint density at radius 3 is 2.60 bits per heavy atom. The zero-order valence-electron chi connectivity index (χ0n) is 13.5. The number of ether oxygens (including phenoxy) is 1. The molecule has 130 valence electrons. The van der Waals surface area contributed by atoms with Crippen LogP contribution in [0.15, 0.2) is 40.9 Å². The summed E-state index contributed by atoms with van der Waals surface area (Å²) in [6.07, 6.45) is -0.918. The second kappa shape index (κ2) is 8.08. The first-order valence-electron chi connectivity index (χ1n) is 7.39. The van der Waals surface area contributed by atoms with Crippen LogP contribution in [0.5, 0.6) is 5.75 Å². The van der Waals surface area contributed by atoms with Gasteiger partial charge in [-0.25, -0.2) is 8.78 Å². The minimum absolute atomic E-state index is 0.110. The average Bonchev–Trinajstić information content (AvgIpc) is 2.55. The van der Waals surface area contributed by atoms with E-state index >= 15 is 0 Å². The number of amides is 1. The summed E-state index contributed by atoms with van der Waals surface area (Å²) in [5.41, 5.74) is 0.911. The molecule has 0 aromatic heterocycles. The highest BCUT2D eigenvalue weighted by atomic mass is 79.9. The van der Waals surface area contributed by atoms with E-state index in [2.05, 4.69) is 21.2 Å². The number of benzene rings is 2. The van der Waals surface area contributed by atoms with Crippen molar-refractivity contribution in [3.05, 3.63) is 63.6 Å². The van der Waals surface area contributed by atoms with Gasteiger partial charge in [0.1, 0.15) is 23.4 Å². The maximum atomic E-state index is 13.8. The summed E-state index contributed by atoms with van der Waals surface area (Å²) in [5.74, 6) is -1.79. The topological polar surface area (TPSA) is 62.1 Å². The Hall–Kier alpha value is -2.46. The van der Waals surface area contributed by atoms with Crippen molar-refractivity contribution in [1.29, 1.82) is 5.26 Å². The lowest BCUT2D eigenvalue weighted by Crippen LogP contribution is -2.38. The minimum Gasteiger partial charge on any atom is -0.480 e. The fourth-order valence-corrected chi connectivity index (χ4v) is 2.71. The van der Waals surface area contributed by atoms with Crippen LogP contribution < -0.4 is 10.1 Å². The van der Waals surface area contributed by atoms with Crippen LogP contribution in [0, 0.1) is 29.9 Å². The summed E-state index contributed by atoms with van der Waals surface area (Å²) in [6, 6.07) is 8.73. The average molecular weight is 409 g/mol. The third-order valence-corrected chi connectivity index (χ3v) is 4.07. The third kappa shape index (κ3) is 4.77. The van der Waals surface area contributed by atoms with Crippen LogP contribution in [0.4, 0.5) is 8.78 Å². The van der Waals surface area contributed by atoms with E-state index in [4.69, 9.17) is 4.74 Å². The van der Waals surface area contributed by atoms with E-state index in [-0.39, 0.29) is 5.56 Å². The number of carbonyl (C=O) groups excluding carboxylic acids is 1. The molecule has 25 heavy (non-hydrogen) atoms. The SMILES string of the molecule is Cc1ccc(OC(C)C(=O)NC(C#N)c2ccc(F)cc2F)c(Br)c1. The van der Waals surface area contributed by atoms with Crippen LogP contribution in [0.2, 0.25) is 0 Å². The van der Waals surface area contributed by atoms with Crippen molar-refractivity contribution in [1.82, 2.24) is 5.32 Å². The van der Waals surface area contributed by atoms with Crippen molar-refractivity contribution in [2.45, 2.75) is 26.0 Å². The van der Waals surface area contributed by atoms with Gasteiger partial charge in [0.2, 0.25) is 0 Å².